The standard InChI is InChI=1S/C16H12ClFO2/c1-16(19,11-5-7-12(18)8-6-11)14-9-10-3-2-4-13(17)15(10)20-14/h2-9,19H,1H3. The van der Waals surface area contributed by atoms with Crippen molar-refractivity contribution in [3.05, 3.63) is 70.7 Å². The van der Waals surface area contributed by atoms with Gasteiger partial charge in [0.25, 0.3) is 0 Å². The summed E-state index contributed by atoms with van der Waals surface area (Å²) in [7, 11) is 0. The van der Waals surface area contributed by atoms with Gasteiger partial charge in [-0.15, -0.1) is 0 Å². The molecule has 0 aliphatic carbocycles. The number of hydrogen-bond donors (Lipinski definition) is 1. The van der Waals surface area contributed by atoms with Gasteiger partial charge in [-0.25, -0.2) is 4.39 Å². The van der Waals surface area contributed by atoms with Gasteiger partial charge >= 0.3 is 0 Å². The summed E-state index contributed by atoms with van der Waals surface area (Å²) in [5.74, 6) is 0.0180. The van der Waals surface area contributed by atoms with Gasteiger partial charge in [0.15, 0.2) is 5.58 Å². The van der Waals surface area contributed by atoms with Crippen molar-refractivity contribution in [2.45, 2.75) is 12.5 Å². The highest BCUT2D eigenvalue weighted by Gasteiger charge is 2.30. The summed E-state index contributed by atoms with van der Waals surface area (Å²) in [6, 6.07) is 12.8. The summed E-state index contributed by atoms with van der Waals surface area (Å²) in [5, 5.41) is 12.0. The maximum atomic E-state index is 13.0. The van der Waals surface area contributed by atoms with Crippen molar-refractivity contribution < 1.29 is 13.9 Å². The molecule has 0 fully saturated rings. The number of aliphatic hydroxyl groups is 1. The Bertz CT molecular complexity index is 760. The number of rotatable bonds is 2. The molecule has 1 atom stereocenters. The van der Waals surface area contributed by atoms with Crippen LogP contribution in [0.5, 0.6) is 0 Å². The van der Waals surface area contributed by atoms with Gasteiger partial charge in [-0.3, -0.25) is 0 Å². The molecule has 0 bridgehead atoms. The van der Waals surface area contributed by atoms with Gasteiger partial charge in [0.2, 0.25) is 0 Å². The second-order valence-corrected chi connectivity index (χ2v) is 5.26. The molecule has 0 radical (unpaired) electrons. The molecular weight excluding hydrogens is 279 g/mol. The lowest BCUT2D eigenvalue weighted by molar-refractivity contribution is 0.0786. The van der Waals surface area contributed by atoms with Crippen molar-refractivity contribution in [3.8, 4) is 0 Å². The average molecular weight is 291 g/mol. The molecule has 2 aromatic carbocycles. The molecule has 0 spiro atoms. The van der Waals surface area contributed by atoms with Gasteiger partial charge < -0.3 is 9.52 Å². The Hall–Kier alpha value is -1.84. The lowest BCUT2D eigenvalue weighted by Crippen LogP contribution is -2.21. The number of halogens is 2. The van der Waals surface area contributed by atoms with E-state index in [0.717, 1.165) is 5.39 Å². The third-order valence-corrected chi connectivity index (χ3v) is 3.68. The smallest absolute Gasteiger partial charge is 0.153 e. The van der Waals surface area contributed by atoms with E-state index < -0.39 is 5.60 Å². The highest BCUT2D eigenvalue weighted by Crippen LogP contribution is 2.35. The predicted octanol–water partition coefficient (Wildman–Crippen LogP) is 4.48. The van der Waals surface area contributed by atoms with Crippen LogP contribution in [0.25, 0.3) is 11.0 Å². The second kappa shape index (κ2) is 4.62. The van der Waals surface area contributed by atoms with Crippen LogP contribution in [-0.4, -0.2) is 5.11 Å². The minimum atomic E-state index is -1.35. The number of hydrogen-bond acceptors (Lipinski definition) is 2. The fourth-order valence-electron chi connectivity index (χ4n) is 2.18. The number of para-hydroxylation sites is 1. The summed E-state index contributed by atoms with van der Waals surface area (Å²) in [4.78, 5) is 0. The highest BCUT2D eigenvalue weighted by atomic mass is 35.5. The molecule has 1 aromatic heterocycles. The van der Waals surface area contributed by atoms with E-state index >= 15 is 0 Å². The van der Waals surface area contributed by atoms with Crippen LogP contribution in [0.3, 0.4) is 0 Å². The molecule has 4 heteroatoms. The van der Waals surface area contributed by atoms with Crippen LogP contribution in [0.2, 0.25) is 5.02 Å². The first-order chi connectivity index (χ1) is 9.48. The molecular formula is C16H12ClFO2. The topological polar surface area (TPSA) is 33.4 Å². The first-order valence-electron chi connectivity index (χ1n) is 6.15. The average Bonchev–Trinajstić information content (AvgIpc) is 2.85. The molecule has 0 amide bonds. The first-order valence-corrected chi connectivity index (χ1v) is 6.53. The maximum absolute atomic E-state index is 13.0. The van der Waals surface area contributed by atoms with Crippen molar-refractivity contribution in [1.82, 2.24) is 0 Å². The lowest BCUT2D eigenvalue weighted by atomic mass is 9.93. The summed E-state index contributed by atoms with van der Waals surface area (Å²) in [6.07, 6.45) is 0. The highest BCUT2D eigenvalue weighted by molar-refractivity contribution is 6.34. The fourth-order valence-corrected chi connectivity index (χ4v) is 2.40. The lowest BCUT2D eigenvalue weighted by Gasteiger charge is -2.21. The van der Waals surface area contributed by atoms with Crippen LogP contribution < -0.4 is 0 Å². The molecule has 1 N–H and O–H groups in total. The van der Waals surface area contributed by atoms with E-state index in [9.17, 15) is 9.50 Å². The maximum Gasteiger partial charge on any atom is 0.153 e. The molecule has 2 nitrogen and oxygen atoms in total. The predicted molar refractivity (Wildman–Crippen MR) is 76.3 cm³/mol. The van der Waals surface area contributed by atoms with Crippen molar-refractivity contribution in [1.29, 1.82) is 0 Å². The zero-order chi connectivity index (χ0) is 14.3. The zero-order valence-corrected chi connectivity index (χ0v) is 11.5. The van der Waals surface area contributed by atoms with E-state index in [1.54, 1.807) is 19.1 Å². The molecule has 3 aromatic rings. The van der Waals surface area contributed by atoms with Crippen LogP contribution >= 0.6 is 11.6 Å². The van der Waals surface area contributed by atoms with Crippen molar-refractivity contribution >= 4 is 22.6 Å². The summed E-state index contributed by atoms with van der Waals surface area (Å²) in [6.45, 7) is 1.60. The van der Waals surface area contributed by atoms with Crippen LogP contribution in [0.1, 0.15) is 18.2 Å². The van der Waals surface area contributed by atoms with Crippen molar-refractivity contribution in [3.63, 3.8) is 0 Å². The second-order valence-electron chi connectivity index (χ2n) is 4.85. The molecule has 1 heterocycles. The largest absolute Gasteiger partial charge is 0.456 e. The first kappa shape index (κ1) is 13.2. The van der Waals surface area contributed by atoms with Crippen molar-refractivity contribution in [2.24, 2.45) is 0 Å². The Balaban J connectivity index is 2.13. The molecule has 1 unspecified atom stereocenters. The Labute approximate surface area is 120 Å². The summed E-state index contributed by atoms with van der Waals surface area (Å²) < 4.78 is 18.6. The molecule has 0 aliphatic rings. The Morgan fingerprint density at radius 2 is 1.85 bits per heavy atom. The number of benzene rings is 2. The van der Waals surface area contributed by atoms with E-state index in [4.69, 9.17) is 16.0 Å². The van der Waals surface area contributed by atoms with Gasteiger partial charge in [0.05, 0.1) is 5.02 Å². The van der Waals surface area contributed by atoms with E-state index in [1.807, 2.05) is 12.1 Å². The fraction of sp³-hybridized carbons (Fsp3) is 0.125. The third kappa shape index (κ3) is 2.09. The molecule has 0 saturated carbocycles. The van der Waals surface area contributed by atoms with Gasteiger partial charge in [-0.1, -0.05) is 35.9 Å². The molecule has 3 rings (SSSR count). The SMILES string of the molecule is CC(O)(c1ccc(F)cc1)c1cc2cccc(Cl)c2o1. The third-order valence-electron chi connectivity index (χ3n) is 3.38. The zero-order valence-electron chi connectivity index (χ0n) is 10.7. The number of furan rings is 1. The molecule has 0 aliphatic heterocycles. The van der Waals surface area contributed by atoms with Crippen molar-refractivity contribution in [2.75, 3.05) is 0 Å². The molecule has 102 valence electrons. The number of fused-ring (bicyclic) bond motifs is 1. The van der Waals surface area contributed by atoms with Crippen LogP contribution in [0.4, 0.5) is 4.39 Å². The minimum Gasteiger partial charge on any atom is -0.456 e. The van der Waals surface area contributed by atoms with Crippen LogP contribution in [0, 0.1) is 5.82 Å². The summed E-state index contributed by atoms with van der Waals surface area (Å²) in [5.41, 5.74) is -0.267. The minimum absolute atomic E-state index is 0.350. The summed E-state index contributed by atoms with van der Waals surface area (Å²) >= 11 is 6.06. The Morgan fingerprint density at radius 1 is 1.15 bits per heavy atom. The Kier molecular flexibility index (Phi) is 3.04. The molecule has 20 heavy (non-hydrogen) atoms. The monoisotopic (exact) mass is 290 g/mol. The van der Waals surface area contributed by atoms with Gasteiger partial charge in [0, 0.05) is 5.39 Å². The van der Waals surface area contributed by atoms with Gasteiger partial charge in [0.1, 0.15) is 17.2 Å². The van der Waals surface area contributed by atoms with E-state index in [0.29, 0.717) is 21.9 Å². The van der Waals surface area contributed by atoms with Crippen LogP contribution in [0.15, 0.2) is 52.9 Å². The normalized spacial score (nSPS) is 14.4. The van der Waals surface area contributed by atoms with Gasteiger partial charge in [-0.2, -0.15) is 0 Å². The van der Waals surface area contributed by atoms with E-state index in [2.05, 4.69) is 0 Å². The molecule has 0 saturated heterocycles. The van der Waals surface area contributed by atoms with Crippen LogP contribution in [-0.2, 0) is 5.60 Å². The van der Waals surface area contributed by atoms with E-state index in [-0.39, 0.29) is 5.82 Å². The Morgan fingerprint density at radius 3 is 2.50 bits per heavy atom. The van der Waals surface area contributed by atoms with Gasteiger partial charge in [-0.05, 0) is 36.8 Å². The quantitative estimate of drug-likeness (QED) is 0.755. The van der Waals surface area contributed by atoms with E-state index in [1.165, 1.54) is 24.3 Å².